The van der Waals surface area contributed by atoms with Crippen LogP contribution >= 0.6 is 15.9 Å². The van der Waals surface area contributed by atoms with E-state index in [1.54, 1.807) is 12.4 Å². The van der Waals surface area contributed by atoms with Crippen LogP contribution in [0.4, 0.5) is 5.69 Å². The molecule has 1 fully saturated rings. The fourth-order valence-corrected chi connectivity index (χ4v) is 4.16. The first-order valence-corrected chi connectivity index (χ1v) is 10.8. The Morgan fingerprint density at radius 1 is 1.00 bits per heavy atom. The number of benzene rings is 2. The van der Waals surface area contributed by atoms with Crippen molar-refractivity contribution < 1.29 is 4.79 Å². The Balaban J connectivity index is 1.50. The number of rotatable bonds is 5. The molecule has 1 aliphatic heterocycles. The average molecular weight is 450 g/mol. The maximum Gasteiger partial charge on any atom is 0.258 e. The summed E-state index contributed by atoms with van der Waals surface area (Å²) in [5, 5.41) is 0. The van der Waals surface area contributed by atoms with Crippen molar-refractivity contribution in [2.24, 2.45) is 0 Å². The molecular weight excluding hydrogens is 426 g/mol. The second-order valence-corrected chi connectivity index (χ2v) is 8.30. The predicted octanol–water partition coefficient (Wildman–Crippen LogP) is 5.16. The Morgan fingerprint density at radius 2 is 1.72 bits per heavy atom. The van der Waals surface area contributed by atoms with E-state index in [0.717, 1.165) is 42.6 Å². The number of anilines is 1. The highest BCUT2D eigenvalue weighted by atomic mass is 79.9. The van der Waals surface area contributed by atoms with Gasteiger partial charge in [-0.25, -0.2) is 0 Å². The molecule has 2 heterocycles. The molecular formula is C24H24BrN3O. The minimum absolute atomic E-state index is 0.0343. The predicted molar refractivity (Wildman–Crippen MR) is 120 cm³/mol. The van der Waals surface area contributed by atoms with E-state index >= 15 is 0 Å². The molecule has 3 aromatic rings. The number of hydrogen-bond donors (Lipinski definition) is 0. The van der Waals surface area contributed by atoms with Crippen molar-refractivity contribution in [1.82, 2.24) is 9.88 Å². The third-order valence-electron chi connectivity index (χ3n) is 5.41. The van der Waals surface area contributed by atoms with Crippen LogP contribution in [0, 0.1) is 0 Å². The van der Waals surface area contributed by atoms with E-state index in [1.165, 1.54) is 5.56 Å². The van der Waals surface area contributed by atoms with Gasteiger partial charge in [0.2, 0.25) is 0 Å². The molecule has 4 nitrogen and oxygen atoms in total. The van der Waals surface area contributed by atoms with Crippen LogP contribution in [0.2, 0.25) is 0 Å². The zero-order chi connectivity index (χ0) is 20.1. The molecule has 0 bridgehead atoms. The van der Waals surface area contributed by atoms with Gasteiger partial charge < -0.3 is 4.90 Å². The lowest BCUT2D eigenvalue weighted by atomic mass is 10.0. The monoisotopic (exact) mass is 449 g/mol. The topological polar surface area (TPSA) is 36.4 Å². The summed E-state index contributed by atoms with van der Waals surface area (Å²) < 4.78 is 0.969. The molecule has 5 heteroatoms. The first kappa shape index (κ1) is 19.8. The Labute approximate surface area is 180 Å². The number of amides is 1. The largest absolute Gasteiger partial charge is 0.304 e. The molecule has 1 saturated heterocycles. The molecule has 0 N–H and O–H groups in total. The van der Waals surface area contributed by atoms with Crippen LogP contribution < -0.4 is 4.90 Å². The molecule has 4 rings (SSSR count). The number of likely N-dealkylation sites (tertiary alicyclic amines) is 1. The van der Waals surface area contributed by atoms with Crippen molar-refractivity contribution >= 4 is 27.5 Å². The Morgan fingerprint density at radius 3 is 2.38 bits per heavy atom. The van der Waals surface area contributed by atoms with Gasteiger partial charge in [0.25, 0.3) is 5.91 Å². The molecule has 1 aliphatic rings. The highest BCUT2D eigenvalue weighted by Gasteiger charge is 2.30. The van der Waals surface area contributed by atoms with Crippen LogP contribution in [-0.4, -0.2) is 34.9 Å². The van der Waals surface area contributed by atoms with E-state index in [9.17, 15) is 4.79 Å². The van der Waals surface area contributed by atoms with Gasteiger partial charge >= 0.3 is 0 Å². The summed E-state index contributed by atoms with van der Waals surface area (Å²) in [6, 6.07) is 22.2. The third kappa shape index (κ3) is 4.92. The van der Waals surface area contributed by atoms with E-state index in [1.807, 2.05) is 41.3 Å². The van der Waals surface area contributed by atoms with Gasteiger partial charge in [0, 0.05) is 41.9 Å². The Hall–Kier alpha value is -2.50. The van der Waals surface area contributed by atoms with Crippen LogP contribution in [0.25, 0.3) is 0 Å². The SMILES string of the molecule is O=C(c1ccc(Br)cc1)N(c1cccnc1)C1CCN(Cc2ccccc2)CC1. The molecule has 2 aromatic carbocycles. The molecule has 0 radical (unpaired) electrons. The summed E-state index contributed by atoms with van der Waals surface area (Å²) in [7, 11) is 0. The molecule has 0 atom stereocenters. The highest BCUT2D eigenvalue weighted by Crippen LogP contribution is 2.26. The minimum atomic E-state index is 0.0343. The Bertz CT molecular complexity index is 923. The number of pyridine rings is 1. The molecule has 148 valence electrons. The summed E-state index contributed by atoms with van der Waals surface area (Å²) in [5.41, 5.74) is 2.90. The van der Waals surface area contributed by atoms with Gasteiger partial charge in [-0.15, -0.1) is 0 Å². The average Bonchev–Trinajstić information content (AvgIpc) is 2.77. The highest BCUT2D eigenvalue weighted by molar-refractivity contribution is 9.10. The number of aromatic nitrogens is 1. The van der Waals surface area contributed by atoms with E-state index in [0.29, 0.717) is 5.56 Å². The lowest BCUT2D eigenvalue weighted by molar-refractivity contribution is 0.0958. The molecule has 1 amide bonds. The number of hydrogen-bond acceptors (Lipinski definition) is 3. The second kappa shape index (κ2) is 9.33. The van der Waals surface area contributed by atoms with Gasteiger partial charge in [-0.3, -0.25) is 14.7 Å². The first-order chi connectivity index (χ1) is 14.2. The third-order valence-corrected chi connectivity index (χ3v) is 5.93. The maximum absolute atomic E-state index is 13.4. The fourth-order valence-electron chi connectivity index (χ4n) is 3.90. The van der Waals surface area contributed by atoms with E-state index in [-0.39, 0.29) is 11.9 Å². The summed E-state index contributed by atoms with van der Waals surface area (Å²) in [4.78, 5) is 22.1. The molecule has 0 saturated carbocycles. The normalized spacial score (nSPS) is 15.2. The summed E-state index contributed by atoms with van der Waals surface area (Å²) in [5.74, 6) is 0.0343. The van der Waals surface area contributed by atoms with Gasteiger partial charge in [0.15, 0.2) is 0 Å². The molecule has 29 heavy (non-hydrogen) atoms. The summed E-state index contributed by atoms with van der Waals surface area (Å²) in [6.07, 6.45) is 5.43. The van der Waals surface area contributed by atoms with Crippen LogP contribution in [0.3, 0.4) is 0 Å². The van der Waals surface area contributed by atoms with Gasteiger partial charge in [0.1, 0.15) is 0 Å². The molecule has 0 spiro atoms. The number of piperidine rings is 1. The van der Waals surface area contributed by atoms with Crippen LogP contribution in [0.5, 0.6) is 0 Å². The van der Waals surface area contributed by atoms with Crippen molar-refractivity contribution in [3.63, 3.8) is 0 Å². The van der Waals surface area contributed by atoms with Crippen molar-refractivity contribution in [2.45, 2.75) is 25.4 Å². The van der Waals surface area contributed by atoms with Crippen molar-refractivity contribution in [3.8, 4) is 0 Å². The molecule has 1 aromatic heterocycles. The minimum Gasteiger partial charge on any atom is -0.304 e. The maximum atomic E-state index is 13.4. The number of carbonyl (C=O) groups is 1. The van der Waals surface area contributed by atoms with Gasteiger partial charge in [-0.05, 0) is 54.8 Å². The summed E-state index contributed by atoms with van der Waals surface area (Å²) in [6.45, 7) is 2.91. The van der Waals surface area contributed by atoms with Gasteiger partial charge in [0.05, 0.1) is 11.9 Å². The number of nitrogens with zero attached hydrogens (tertiary/aromatic N) is 3. The lowest BCUT2D eigenvalue weighted by Gasteiger charge is -2.38. The standard InChI is InChI=1S/C24H24BrN3O/c25-21-10-8-20(9-11-21)24(29)28(23-7-4-14-26-17-23)22-12-15-27(16-13-22)18-19-5-2-1-3-6-19/h1-11,14,17,22H,12-13,15-16,18H2. The van der Waals surface area contributed by atoms with Crippen molar-refractivity contribution in [1.29, 1.82) is 0 Å². The Kier molecular flexibility index (Phi) is 6.37. The van der Waals surface area contributed by atoms with Crippen LogP contribution in [-0.2, 0) is 6.54 Å². The second-order valence-electron chi connectivity index (χ2n) is 7.39. The van der Waals surface area contributed by atoms with Crippen LogP contribution in [0.15, 0.2) is 83.6 Å². The molecule has 0 aliphatic carbocycles. The fraction of sp³-hybridized carbons (Fsp3) is 0.250. The molecule has 0 unspecified atom stereocenters. The van der Waals surface area contributed by atoms with E-state index in [4.69, 9.17) is 0 Å². The van der Waals surface area contributed by atoms with Gasteiger partial charge in [-0.2, -0.15) is 0 Å². The van der Waals surface area contributed by atoms with E-state index in [2.05, 4.69) is 56.1 Å². The lowest BCUT2D eigenvalue weighted by Crippen LogP contribution is -2.47. The number of halogens is 1. The quantitative estimate of drug-likeness (QED) is 0.539. The van der Waals surface area contributed by atoms with Crippen molar-refractivity contribution in [3.05, 3.63) is 94.7 Å². The van der Waals surface area contributed by atoms with E-state index < -0.39 is 0 Å². The zero-order valence-electron chi connectivity index (χ0n) is 16.2. The van der Waals surface area contributed by atoms with Gasteiger partial charge in [-0.1, -0.05) is 46.3 Å². The first-order valence-electron chi connectivity index (χ1n) is 9.96. The summed E-state index contributed by atoms with van der Waals surface area (Å²) >= 11 is 3.45. The van der Waals surface area contributed by atoms with Crippen molar-refractivity contribution in [2.75, 3.05) is 18.0 Å². The van der Waals surface area contributed by atoms with Crippen LogP contribution in [0.1, 0.15) is 28.8 Å². The zero-order valence-corrected chi connectivity index (χ0v) is 17.8. The number of carbonyl (C=O) groups excluding carboxylic acids is 1. The smallest absolute Gasteiger partial charge is 0.258 e.